The summed E-state index contributed by atoms with van der Waals surface area (Å²) >= 11 is 5.71. The molecule has 200 valence electrons. The van der Waals surface area contributed by atoms with Crippen molar-refractivity contribution in [1.82, 2.24) is 19.6 Å². The number of benzene rings is 1. The van der Waals surface area contributed by atoms with Gasteiger partial charge in [0.05, 0.1) is 4.88 Å². The molecule has 1 aromatic heterocycles. The van der Waals surface area contributed by atoms with Crippen LogP contribution in [0.15, 0.2) is 12.1 Å². The first-order valence-electron chi connectivity index (χ1n) is 13.9. The van der Waals surface area contributed by atoms with Gasteiger partial charge in [0, 0.05) is 76.6 Å². The summed E-state index contributed by atoms with van der Waals surface area (Å²) in [5, 5.41) is 11.5. The molecule has 0 atom stereocenters. The number of piperazine rings is 2. The first-order chi connectivity index (χ1) is 17.5. The van der Waals surface area contributed by atoms with Crippen molar-refractivity contribution in [1.29, 1.82) is 0 Å². The standard InChI is InChI=1S/C28H44N4OS3/c1-4-7-25-27(35-36-28(25)34)22-18-23(20-31-14-10-29(8-5-2)11-15-31)26(33)24(19-22)21-32-16-12-30(9-6-3)13-17-32/h18-19,33H,4-17,20-21H2,1-3H3. The third kappa shape index (κ3) is 7.16. The van der Waals surface area contributed by atoms with Crippen LogP contribution in [-0.4, -0.2) is 90.2 Å². The van der Waals surface area contributed by atoms with Crippen molar-refractivity contribution >= 4 is 32.9 Å². The highest BCUT2D eigenvalue weighted by Crippen LogP contribution is 2.39. The molecular weight excluding hydrogens is 505 g/mol. The Morgan fingerprint density at radius 1 is 0.722 bits per heavy atom. The zero-order valence-corrected chi connectivity index (χ0v) is 24.9. The maximum Gasteiger partial charge on any atom is 0.124 e. The number of hydrogen-bond acceptors (Lipinski definition) is 8. The molecule has 4 rings (SSSR count). The van der Waals surface area contributed by atoms with Crippen LogP contribution in [-0.2, 0) is 19.5 Å². The Morgan fingerprint density at radius 2 is 1.19 bits per heavy atom. The number of phenols is 1. The molecule has 1 aromatic carbocycles. The predicted molar refractivity (Wildman–Crippen MR) is 158 cm³/mol. The molecule has 0 spiro atoms. The van der Waals surface area contributed by atoms with Gasteiger partial charge in [0.1, 0.15) is 9.57 Å². The fourth-order valence-electron chi connectivity index (χ4n) is 5.55. The molecule has 2 aliphatic rings. The summed E-state index contributed by atoms with van der Waals surface area (Å²) in [4.78, 5) is 11.5. The van der Waals surface area contributed by atoms with Crippen LogP contribution >= 0.6 is 32.9 Å². The lowest BCUT2D eigenvalue weighted by molar-refractivity contribution is 0.124. The van der Waals surface area contributed by atoms with E-state index in [2.05, 4.69) is 52.5 Å². The van der Waals surface area contributed by atoms with Gasteiger partial charge in [-0.1, -0.05) is 60.1 Å². The topological polar surface area (TPSA) is 33.2 Å². The Kier molecular flexibility index (Phi) is 10.8. The average molecular weight is 549 g/mol. The summed E-state index contributed by atoms with van der Waals surface area (Å²) in [5.74, 6) is 0.501. The Morgan fingerprint density at radius 3 is 1.64 bits per heavy atom. The van der Waals surface area contributed by atoms with Gasteiger partial charge in [-0.3, -0.25) is 9.80 Å². The summed E-state index contributed by atoms with van der Waals surface area (Å²) in [6, 6.07) is 4.51. The van der Waals surface area contributed by atoms with E-state index in [1.165, 1.54) is 41.9 Å². The quantitative estimate of drug-likeness (QED) is 0.277. The minimum absolute atomic E-state index is 0.501. The van der Waals surface area contributed by atoms with E-state index < -0.39 is 0 Å². The molecule has 8 heteroatoms. The number of hydrogen-bond donors (Lipinski definition) is 1. The second-order valence-corrected chi connectivity index (χ2v) is 13.2. The molecule has 1 N–H and O–H groups in total. The fourth-order valence-corrected chi connectivity index (χ4v) is 8.54. The Bertz CT molecular complexity index is 971. The van der Waals surface area contributed by atoms with Crippen molar-refractivity contribution in [2.75, 3.05) is 65.4 Å². The highest BCUT2D eigenvalue weighted by Gasteiger charge is 2.23. The average Bonchev–Trinajstić information content (AvgIpc) is 3.24. The van der Waals surface area contributed by atoms with E-state index in [9.17, 15) is 5.11 Å². The summed E-state index contributed by atoms with van der Waals surface area (Å²) in [7, 11) is 3.54. The Labute approximate surface area is 230 Å². The van der Waals surface area contributed by atoms with Crippen LogP contribution in [0.3, 0.4) is 0 Å². The zero-order chi connectivity index (χ0) is 25.5. The lowest BCUT2D eigenvalue weighted by Crippen LogP contribution is -2.46. The minimum Gasteiger partial charge on any atom is -0.507 e. The highest BCUT2D eigenvalue weighted by molar-refractivity contribution is 7.80. The van der Waals surface area contributed by atoms with Crippen molar-refractivity contribution in [3.8, 4) is 16.2 Å². The van der Waals surface area contributed by atoms with Crippen molar-refractivity contribution in [3.05, 3.63) is 32.6 Å². The molecular formula is C28H44N4OS3. The van der Waals surface area contributed by atoms with Crippen LogP contribution in [0, 0.1) is 3.82 Å². The molecule has 0 saturated carbocycles. The van der Waals surface area contributed by atoms with Crippen molar-refractivity contribution in [2.24, 2.45) is 0 Å². The monoisotopic (exact) mass is 548 g/mol. The molecule has 0 amide bonds. The highest BCUT2D eigenvalue weighted by atomic mass is 32.9. The van der Waals surface area contributed by atoms with Crippen LogP contribution in [0.2, 0.25) is 0 Å². The normalized spacial score (nSPS) is 18.8. The summed E-state index contributed by atoms with van der Waals surface area (Å²) in [5.41, 5.74) is 4.71. The number of nitrogens with zero attached hydrogens (tertiary/aromatic N) is 4. The zero-order valence-electron chi connectivity index (χ0n) is 22.4. The van der Waals surface area contributed by atoms with Crippen LogP contribution in [0.25, 0.3) is 10.4 Å². The lowest BCUT2D eigenvalue weighted by atomic mass is 9.99. The van der Waals surface area contributed by atoms with E-state index >= 15 is 0 Å². The van der Waals surface area contributed by atoms with E-state index in [4.69, 9.17) is 12.2 Å². The molecule has 36 heavy (non-hydrogen) atoms. The summed E-state index contributed by atoms with van der Waals surface area (Å²) < 4.78 is 1.03. The largest absolute Gasteiger partial charge is 0.507 e. The van der Waals surface area contributed by atoms with E-state index in [0.29, 0.717) is 5.75 Å². The van der Waals surface area contributed by atoms with Gasteiger partial charge in [0.25, 0.3) is 0 Å². The maximum absolute atomic E-state index is 11.5. The van der Waals surface area contributed by atoms with E-state index in [1.54, 1.807) is 10.3 Å². The first-order valence-corrected chi connectivity index (χ1v) is 16.4. The van der Waals surface area contributed by atoms with Gasteiger partial charge in [0.15, 0.2) is 0 Å². The molecule has 0 radical (unpaired) electrons. The van der Waals surface area contributed by atoms with Gasteiger partial charge in [-0.25, -0.2) is 0 Å². The molecule has 2 aliphatic heterocycles. The van der Waals surface area contributed by atoms with Crippen molar-refractivity contribution in [2.45, 2.75) is 59.5 Å². The van der Waals surface area contributed by atoms with Gasteiger partial charge in [-0.05, 0) is 55.6 Å². The third-order valence-corrected chi connectivity index (χ3v) is 10.7. The number of phenolic OH excluding ortho intramolecular Hbond substituents is 1. The van der Waals surface area contributed by atoms with E-state index in [-0.39, 0.29) is 0 Å². The van der Waals surface area contributed by atoms with Gasteiger partial charge in [-0.2, -0.15) is 0 Å². The second-order valence-electron chi connectivity index (χ2n) is 10.4. The smallest absolute Gasteiger partial charge is 0.124 e. The SMILES string of the molecule is CCCc1c(-c2cc(CN3CCN(CCC)CC3)c(O)c(CN3CCN(CCC)CC3)c2)ssc1=S. The molecule has 5 nitrogen and oxygen atoms in total. The van der Waals surface area contributed by atoms with Gasteiger partial charge in [0.2, 0.25) is 0 Å². The van der Waals surface area contributed by atoms with Gasteiger partial charge >= 0.3 is 0 Å². The molecule has 0 bridgehead atoms. The molecule has 3 heterocycles. The minimum atomic E-state index is 0.501. The molecule has 0 aliphatic carbocycles. The number of rotatable bonds is 11. The Hall–Kier alpha value is -0.870. The molecule has 0 unspecified atom stereocenters. The van der Waals surface area contributed by atoms with Crippen LogP contribution < -0.4 is 0 Å². The molecule has 2 saturated heterocycles. The summed E-state index contributed by atoms with van der Waals surface area (Å²) in [6.45, 7) is 19.5. The lowest BCUT2D eigenvalue weighted by Gasteiger charge is -2.35. The van der Waals surface area contributed by atoms with Gasteiger partial charge in [-0.15, -0.1) is 0 Å². The first kappa shape index (κ1) is 28.1. The number of aromatic hydroxyl groups is 1. The summed E-state index contributed by atoms with van der Waals surface area (Å²) in [6.07, 6.45) is 4.55. The third-order valence-electron chi connectivity index (χ3n) is 7.55. The van der Waals surface area contributed by atoms with Crippen molar-refractivity contribution < 1.29 is 5.11 Å². The van der Waals surface area contributed by atoms with Crippen LogP contribution in [0.5, 0.6) is 5.75 Å². The van der Waals surface area contributed by atoms with E-state index in [1.807, 2.05) is 10.3 Å². The second kappa shape index (κ2) is 13.8. The van der Waals surface area contributed by atoms with Crippen LogP contribution in [0.1, 0.15) is 56.7 Å². The molecule has 2 fully saturated rings. The fraction of sp³-hybridized carbons (Fsp3) is 0.679. The van der Waals surface area contributed by atoms with Crippen molar-refractivity contribution in [3.63, 3.8) is 0 Å². The van der Waals surface area contributed by atoms with Crippen LogP contribution in [0.4, 0.5) is 0 Å². The molecule has 2 aromatic rings. The van der Waals surface area contributed by atoms with E-state index in [0.717, 1.165) is 93.2 Å². The van der Waals surface area contributed by atoms with Gasteiger partial charge < -0.3 is 14.9 Å². The maximum atomic E-state index is 11.5. The Balaban J connectivity index is 1.58. The predicted octanol–water partition coefficient (Wildman–Crippen LogP) is 5.92.